The molecule has 4 heterocycles. The highest BCUT2D eigenvalue weighted by molar-refractivity contribution is 7.29. The molecule has 0 saturated heterocycles. The molecule has 0 aliphatic carbocycles. The van der Waals surface area contributed by atoms with Crippen LogP contribution in [0.2, 0.25) is 0 Å². The number of benzene rings is 11. The van der Waals surface area contributed by atoms with Gasteiger partial charge in [0.05, 0.1) is 10.0 Å². The molecule has 290 valence electrons. The molecule has 0 saturated carbocycles. The minimum absolute atomic E-state index is 0.0523. The van der Waals surface area contributed by atoms with Gasteiger partial charge >= 0.3 is 0 Å². The number of fused-ring (bicyclic) bond motifs is 20. The monoisotopic (exact) mass is 832 g/mol. The second kappa shape index (κ2) is 12.6. The molecular weight excluding hydrogens is 800 g/mol. The number of hydrogen-bond acceptors (Lipinski definition) is 4. The minimum Gasteiger partial charge on any atom is -0.303 e. The fraction of sp³-hybridized carbons (Fsp3) is 0. The fourth-order valence-electron chi connectivity index (χ4n) is 11.5. The van der Waals surface area contributed by atoms with Gasteiger partial charge in [-0.3, -0.25) is 0 Å². The van der Waals surface area contributed by atoms with Gasteiger partial charge in [0.2, 0.25) is 0 Å². The highest BCUT2D eigenvalue weighted by Gasteiger charge is 2.46. The molecule has 0 bridgehead atoms. The number of anilines is 6. The quantitative estimate of drug-likeness (QED) is 0.126. The lowest BCUT2D eigenvalue weighted by molar-refractivity contribution is 1.29. The average molecular weight is 833 g/mol. The van der Waals surface area contributed by atoms with Crippen LogP contribution in [-0.4, -0.2) is 6.71 Å². The topological polar surface area (TPSA) is 6.48 Å². The van der Waals surface area contributed by atoms with Crippen LogP contribution in [-0.2, 0) is 0 Å². The van der Waals surface area contributed by atoms with Gasteiger partial charge in [0.15, 0.2) is 0 Å². The SMILES string of the molecule is c1cc2c3c(c1)N(c1ccc4c5ccccc5c5ccccc5c4c1)c1sc4ccccc4c1B3c1c(sc3ccccc13)N2c1ccc2c3ccccc3c3ccccc3c2c1. The number of hydrogen-bond donors (Lipinski definition) is 0. The van der Waals surface area contributed by atoms with Gasteiger partial charge in [0.25, 0.3) is 6.71 Å². The number of rotatable bonds is 2. The van der Waals surface area contributed by atoms with Crippen molar-refractivity contribution in [2.24, 2.45) is 0 Å². The van der Waals surface area contributed by atoms with Gasteiger partial charge in [-0.2, -0.15) is 0 Å². The highest BCUT2D eigenvalue weighted by Crippen LogP contribution is 2.51. The fourth-order valence-corrected chi connectivity index (χ4v) is 14.0. The Bertz CT molecular complexity index is 3810. The van der Waals surface area contributed by atoms with Crippen molar-refractivity contribution in [1.82, 2.24) is 0 Å². The van der Waals surface area contributed by atoms with E-state index in [0.717, 1.165) is 0 Å². The second-order valence-electron chi connectivity index (χ2n) is 17.1. The van der Waals surface area contributed by atoms with Crippen molar-refractivity contribution >= 4 is 163 Å². The summed E-state index contributed by atoms with van der Waals surface area (Å²) < 4.78 is 2.63. The van der Waals surface area contributed by atoms with Crippen molar-refractivity contribution in [3.63, 3.8) is 0 Å². The van der Waals surface area contributed by atoms with Gasteiger partial charge in [-0.05, 0) is 140 Å². The molecule has 5 heteroatoms. The first-order valence-corrected chi connectivity index (χ1v) is 23.3. The average Bonchev–Trinajstić information content (AvgIpc) is 3.93. The Balaban J connectivity index is 1.04. The van der Waals surface area contributed by atoms with Crippen LogP contribution in [0.15, 0.2) is 200 Å². The van der Waals surface area contributed by atoms with Crippen LogP contribution in [0.3, 0.4) is 0 Å². The van der Waals surface area contributed by atoms with Crippen LogP contribution < -0.4 is 26.2 Å². The predicted octanol–water partition coefficient (Wildman–Crippen LogP) is 15.1. The molecule has 15 rings (SSSR count). The Hall–Kier alpha value is -7.44. The Morgan fingerprint density at radius 1 is 0.270 bits per heavy atom. The van der Waals surface area contributed by atoms with E-state index in [2.05, 4.69) is 210 Å². The summed E-state index contributed by atoms with van der Waals surface area (Å²) in [5, 5.41) is 20.7. The lowest BCUT2D eigenvalue weighted by Gasteiger charge is -2.42. The van der Waals surface area contributed by atoms with E-state index in [9.17, 15) is 0 Å². The zero-order chi connectivity index (χ0) is 40.9. The molecule has 11 aromatic carbocycles. The van der Waals surface area contributed by atoms with Crippen molar-refractivity contribution in [3.05, 3.63) is 200 Å². The normalized spacial score (nSPS) is 13.3. The Kier molecular flexibility index (Phi) is 6.83. The van der Waals surface area contributed by atoms with Crippen molar-refractivity contribution in [2.75, 3.05) is 9.80 Å². The maximum Gasteiger partial charge on any atom is 0.256 e. The highest BCUT2D eigenvalue weighted by atomic mass is 32.1. The molecule has 2 aliphatic rings. The van der Waals surface area contributed by atoms with Crippen molar-refractivity contribution in [3.8, 4) is 0 Å². The minimum atomic E-state index is 0.0523. The first kappa shape index (κ1) is 34.2. The summed E-state index contributed by atoms with van der Waals surface area (Å²) in [6.45, 7) is 0.0523. The van der Waals surface area contributed by atoms with E-state index in [1.165, 1.54) is 134 Å². The summed E-state index contributed by atoms with van der Waals surface area (Å²) in [6.07, 6.45) is 0. The van der Waals surface area contributed by atoms with Crippen LogP contribution in [0.4, 0.5) is 32.8 Å². The Labute approximate surface area is 371 Å². The molecule has 0 radical (unpaired) electrons. The summed E-state index contributed by atoms with van der Waals surface area (Å²) in [7, 11) is 0. The van der Waals surface area contributed by atoms with Crippen LogP contribution in [0.5, 0.6) is 0 Å². The van der Waals surface area contributed by atoms with Gasteiger partial charge in [-0.1, -0.05) is 152 Å². The molecule has 2 nitrogen and oxygen atoms in total. The molecule has 13 aromatic rings. The standard InChI is InChI=1S/C58H33BN2S2/c1-3-18-40-36(14-1)38-16-5-7-20-42(38)48-32-34(28-30-44(40)48)60-50-24-13-25-51-56(50)59(54-46-22-9-11-26-52(46)62-57(54)60)55-47-23-10-12-27-53(47)63-58(55)61(51)35-29-31-45-41-19-4-2-15-37(41)39-17-6-8-21-43(39)49(45)33-35/h1-33H. The summed E-state index contributed by atoms with van der Waals surface area (Å²) in [6, 6.07) is 75.2. The van der Waals surface area contributed by atoms with Crippen LogP contribution in [0, 0.1) is 0 Å². The third-order valence-electron chi connectivity index (χ3n) is 14.0. The smallest absolute Gasteiger partial charge is 0.256 e. The summed E-state index contributed by atoms with van der Waals surface area (Å²) >= 11 is 3.85. The molecule has 0 amide bonds. The van der Waals surface area contributed by atoms with Gasteiger partial charge in [-0.15, -0.1) is 22.7 Å². The van der Waals surface area contributed by atoms with E-state index in [1.54, 1.807) is 0 Å². The van der Waals surface area contributed by atoms with E-state index >= 15 is 0 Å². The molecule has 0 unspecified atom stereocenters. The maximum atomic E-state index is 2.59. The third-order valence-corrected chi connectivity index (χ3v) is 16.4. The van der Waals surface area contributed by atoms with E-state index in [-0.39, 0.29) is 6.71 Å². The van der Waals surface area contributed by atoms with E-state index in [0.29, 0.717) is 0 Å². The Morgan fingerprint density at radius 3 is 0.968 bits per heavy atom. The maximum absolute atomic E-state index is 2.59. The molecule has 0 spiro atoms. The van der Waals surface area contributed by atoms with Crippen LogP contribution >= 0.6 is 22.7 Å². The summed E-state index contributed by atoms with van der Waals surface area (Å²) in [5.74, 6) is 0. The van der Waals surface area contributed by atoms with Gasteiger partial charge in [-0.25, -0.2) is 0 Å². The van der Waals surface area contributed by atoms with Crippen LogP contribution in [0.1, 0.15) is 0 Å². The van der Waals surface area contributed by atoms with E-state index in [4.69, 9.17) is 0 Å². The van der Waals surface area contributed by atoms with Gasteiger partial charge in [0, 0.05) is 32.1 Å². The van der Waals surface area contributed by atoms with Crippen LogP contribution in [0.25, 0.3) is 84.8 Å². The molecular formula is C58H33BN2S2. The Morgan fingerprint density at radius 2 is 0.587 bits per heavy atom. The van der Waals surface area contributed by atoms with Crippen molar-refractivity contribution < 1.29 is 0 Å². The lowest BCUT2D eigenvalue weighted by Crippen LogP contribution is -2.60. The lowest BCUT2D eigenvalue weighted by atomic mass is 9.33. The second-order valence-corrected chi connectivity index (χ2v) is 19.2. The summed E-state index contributed by atoms with van der Waals surface area (Å²) in [4.78, 5) is 5.19. The van der Waals surface area contributed by atoms with Crippen molar-refractivity contribution in [1.29, 1.82) is 0 Å². The number of thiophene rings is 2. The first-order valence-electron chi connectivity index (χ1n) is 21.7. The molecule has 2 aliphatic heterocycles. The predicted molar refractivity (Wildman–Crippen MR) is 276 cm³/mol. The first-order chi connectivity index (χ1) is 31.3. The third kappa shape index (κ3) is 4.52. The molecule has 0 fully saturated rings. The van der Waals surface area contributed by atoms with E-state index < -0.39 is 0 Å². The molecule has 0 atom stereocenters. The van der Waals surface area contributed by atoms with Gasteiger partial charge < -0.3 is 9.80 Å². The van der Waals surface area contributed by atoms with E-state index in [1.807, 2.05) is 22.7 Å². The molecule has 0 N–H and O–H groups in total. The zero-order valence-electron chi connectivity index (χ0n) is 33.8. The molecule has 2 aromatic heterocycles. The number of nitrogens with zero attached hydrogens (tertiary/aromatic N) is 2. The molecule has 63 heavy (non-hydrogen) atoms. The zero-order valence-corrected chi connectivity index (χ0v) is 35.5. The summed E-state index contributed by atoms with van der Waals surface area (Å²) in [5.41, 5.74) is 9.00. The van der Waals surface area contributed by atoms with Gasteiger partial charge in [0.1, 0.15) is 0 Å². The van der Waals surface area contributed by atoms with Crippen molar-refractivity contribution in [2.45, 2.75) is 0 Å². The largest absolute Gasteiger partial charge is 0.303 e.